The molecule has 0 saturated heterocycles. The first-order chi connectivity index (χ1) is 11.2. The standard InChI is InChI=1S/C14H19N3O6S/c1-4-5-15-11(19)7-16-12(20)8-17(3)14(23)10(6-13(21)22)24-9(2)18/h1,10H,5-8H2,2-3H3,(H,15,19)(H,16,20)(H,21,22). The van der Waals surface area contributed by atoms with Crippen LogP contribution in [0.1, 0.15) is 13.3 Å². The van der Waals surface area contributed by atoms with Crippen molar-refractivity contribution in [2.75, 3.05) is 26.7 Å². The van der Waals surface area contributed by atoms with Gasteiger partial charge in [-0.25, -0.2) is 0 Å². The van der Waals surface area contributed by atoms with E-state index in [2.05, 4.69) is 16.6 Å². The van der Waals surface area contributed by atoms with Gasteiger partial charge < -0.3 is 20.6 Å². The highest BCUT2D eigenvalue weighted by atomic mass is 32.2. The largest absolute Gasteiger partial charge is 0.481 e. The summed E-state index contributed by atoms with van der Waals surface area (Å²) in [6, 6.07) is 0. The summed E-state index contributed by atoms with van der Waals surface area (Å²) < 4.78 is 0. The Morgan fingerprint density at radius 3 is 2.33 bits per heavy atom. The predicted molar refractivity (Wildman–Crippen MR) is 86.8 cm³/mol. The molecule has 10 heteroatoms. The highest BCUT2D eigenvalue weighted by Gasteiger charge is 2.27. The molecular formula is C14H19N3O6S. The van der Waals surface area contributed by atoms with Gasteiger partial charge in [0.25, 0.3) is 0 Å². The summed E-state index contributed by atoms with van der Waals surface area (Å²) >= 11 is 0.593. The molecule has 0 spiro atoms. The Bertz CT molecular complexity index is 541. The first kappa shape index (κ1) is 21.5. The van der Waals surface area contributed by atoms with E-state index in [-0.39, 0.29) is 19.6 Å². The molecule has 132 valence electrons. The highest BCUT2D eigenvalue weighted by Crippen LogP contribution is 2.18. The molecule has 0 fully saturated rings. The molecule has 1 unspecified atom stereocenters. The summed E-state index contributed by atoms with van der Waals surface area (Å²) in [7, 11) is 1.30. The Hall–Kier alpha value is -2.54. The van der Waals surface area contributed by atoms with Gasteiger partial charge in [-0.3, -0.25) is 24.0 Å². The van der Waals surface area contributed by atoms with Crippen LogP contribution in [-0.2, 0) is 24.0 Å². The molecule has 0 aliphatic heterocycles. The average molecular weight is 357 g/mol. The minimum absolute atomic E-state index is 0.0340. The van der Waals surface area contributed by atoms with Crippen molar-refractivity contribution < 1.29 is 29.1 Å². The zero-order valence-corrected chi connectivity index (χ0v) is 14.1. The summed E-state index contributed by atoms with van der Waals surface area (Å²) in [6.07, 6.45) is 4.43. The number of hydrogen-bond acceptors (Lipinski definition) is 6. The molecule has 3 amide bonds. The van der Waals surface area contributed by atoms with Crippen LogP contribution < -0.4 is 10.6 Å². The van der Waals surface area contributed by atoms with Crippen molar-refractivity contribution in [3.63, 3.8) is 0 Å². The van der Waals surface area contributed by atoms with Gasteiger partial charge in [-0.2, -0.15) is 0 Å². The fraction of sp³-hybridized carbons (Fsp3) is 0.500. The van der Waals surface area contributed by atoms with E-state index in [1.807, 2.05) is 0 Å². The number of likely N-dealkylation sites (N-methyl/N-ethyl adjacent to an activating group) is 1. The monoisotopic (exact) mass is 357 g/mol. The zero-order chi connectivity index (χ0) is 18.7. The van der Waals surface area contributed by atoms with Gasteiger partial charge in [-0.15, -0.1) is 6.42 Å². The molecule has 0 heterocycles. The summed E-state index contributed by atoms with van der Waals surface area (Å²) in [5.74, 6) is -0.780. The molecular weight excluding hydrogens is 338 g/mol. The number of rotatable bonds is 9. The fourth-order valence-electron chi connectivity index (χ4n) is 1.52. The Kier molecular flexibility index (Phi) is 9.90. The lowest BCUT2D eigenvalue weighted by Crippen LogP contribution is -2.45. The second-order valence-electron chi connectivity index (χ2n) is 4.65. The van der Waals surface area contributed by atoms with Crippen LogP contribution in [0.25, 0.3) is 0 Å². The van der Waals surface area contributed by atoms with E-state index < -0.39 is 40.5 Å². The van der Waals surface area contributed by atoms with Gasteiger partial charge in [0.15, 0.2) is 5.12 Å². The van der Waals surface area contributed by atoms with Gasteiger partial charge in [0.2, 0.25) is 17.7 Å². The number of carbonyl (C=O) groups is 5. The number of carboxylic acid groups (broad SMARTS) is 1. The van der Waals surface area contributed by atoms with Crippen LogP contribution in [-0.4, -0.2) is 70.7 Å². The number of terminal acetylenes is 1. The van der Waals surface area contributed by atoms with E-state index in [9.17, 15) is 24.0 Å². The molecule has 0 aromatic rings. The molecule has 0 saturated carbocycles. The van der Waals surface area contributed by atoms with Gasteiger partial charge in [-0.05, 0) is 0 Å². The molecule has 0 aromatic carbocycles. The van der Waals surface area contributed by atoms with Crippen LogP contribution in [0.3, 0.4) is 0 Å². The predicted octanol–water partition coefficient (Wildman–Crippen LogP) is -1.57. The topological polar surface area (TPSA) is 133 Å². The quantitative estimate of drug-likeness (QED) is 0.425. The maximum Gasteiger partial charge on any atom is 0.305 e. The first-order valence-corrected chi connectivity index (χ1v) is 7.66. The third-order valence-corrected chi connectivity index (χ3v) is 3.52. The van der Waals surface area contributed by atoms with Crippen LogP contribution in [0.15, 0.2) is 0 Å². The van der Waals surface area contributed by atoms with Gasteiger partial charge in [0.05, 0.1) is 26.1 Å². The second kappa shape index (κ2) is 11.1. The van der Waals surface area contributed by atoms with Crippen molar-refractivity contribution in [2.24, 2.45) is 0 Å². The minimum Gasteiger partial charge on any atom is -0.481 e. The van der Waals surface area contributed by atoms with E-state index in [1.165, 1.54) is 14.0 Å². The molecule has 9 nitrogen and oxygen atoms in total. The SMILES string of the molecule is C#CCNC(=O)CNC(=O)CN(C)C(=O)C(CC(=O)O)SC(C)=O. The van der Waals surface area contributed by atoms with Gasteiger partial charge >= 0.3 is 5.97 Å². The summed E-state index contributed by atoms with van der Waals surface area (Å²) in [5, 5.41) is 11.9. The summed E-state index contributed by atoms with van der Waals surface area (Å²) in [6.45, 7) is 0.569. The number of nitrogens with zero attached hydrogens (tertiary/aromatic N) is 1. The number of amides is 3. The van der Waals surface area contributed by atoms with Crippen LogP contribution in [0.4, 0.5) is 0 Å². The van der Waals surface area contributed by atoms with Crippen molar-refractivity contribution in [1.82, 2.24) is 15.5 Å². The van der Waals surface area contributed by atoms with E-state index in [0.29, 0.717) is 11.8 Å². The Morgan fingerprint density at radius 1 is 1.21 bits per heavy atom. The van der Waals surface area contributed by atoms with Crippen LogP contribution in [0.2, 0.25) is 0 Å². The van der Waals surface area contributed by atoms with Crippen molar-refractivity contribution >= 4 is 40.6 Å². The normalized spacial score (nSPS) is 10.9. The average Bonchev–Trinajstić information content (AvgIpc) is 2.48. The van der Waals surface area contributed by atoms with E-state index >= 15 is 0 Å². The molecule has 0 aliphatic carbocycles. The van der Waals surface area contributed by atoms with E-state index in [1.54, 1.807) is 0 Å². The Morgan fingerprint density at radius 2 is 1.83 bits per heavy atom. The Balaban J connectivity index is 4.51. The molecule has 1 atom stereocenters. The van der Waals surface area contributed by atoms with Crippen LogP contribution in [0.5, 0.6) is 0 Å². The second-order valence-corrected chi connectivity index (χ2v) is 6.03. The lowest BCUT2D eigenvalue weighted by atomic mass is 10.2. The van der Waals surface area contributed by atoms with Gasteiger partial charge in [0.1, 0.15) is 5.25 Å². The number of thioether (sulfide) groups is 1. The Labute approximate surface area is 143 Å². The van der Waals surface area contributed by atoms with Crippen molar-refractivity contribution in [3.8, 4) is 12.3 Å². The number of aliphatic carboxylic acids is 1. The van der Waals surface area contributed by atoms with Gasteiger partial charge in [0, 0.05) is 14.0 Å². The van der Waals surface area contributed by atoms with Crippen molar-refractivity contribution in [3.05, 3.63) is 0 Å². The number of carbonyl (C=O) groups excluding carboxylic acids is 4. The number of carboxylic acids is 1. The number of nitrogens with one attached hydrogen (secondary N) is 2. The molecule has 0 radical (unpaired) electrons. The minimum atomic E-state index is -1.23. The molecule has 0 rings (SSSR count). The first-order valence-electron chi connectivity index (χ1n) is 6.78. The van der Waals surface area contributed by atoms with Crippen molar-refractivity contribution in [1.29, 1.82) is 0 Å². The molecule has 3 N–H and O–H groups in total. The van der Waals surface area contributed by atoms with Gasteiger partial charge in [-0.1, -0.05) is 17.7 Å². The van der Waals surface area contributed by atoms with E-state index in [4.69, 9.17) is 11.5 Å². The molecule has 0 aromatic heterocycles. The smallest absolute Gasteiger partial charge is 0.305 e. The molecule has 24 heavy (non-hydrogen) atoms. The van der Waals surface area contributed by atoms with Crippen molar-refractivity contribution in [2.45, 2.75) is 18.6 Å². The summed E-state index contributed by atoms with van der Waals surface area (Å²) in [4.78, 5) is 58.0. The zero-order valence-electron chi connectivity index (χ0n) is 13.3. The third-order valence-electron chi connectivity index (χ3n) is 2.53. The molecule has 0 bridgehead atoms. The maximum absolute atomic E-state index is 12.1. The highest BCUT2D eigenvalue weighted by molar-refractivity contribution is 8.14. The lowest BCUT2D eigenvalue weighted by molar-refractivity contribution is -0.140. The van der Waals surface area contributed by atoms with E-state index in [0.717, 1.165) is 4.90 Å². The third kappa shape index (κ3) is 9.47. The van der Waals surface area contributed by atoms with Crippen LogP contribution in [0, 0.1) is 12.3 Å². The molecule has 0 aliphatic rings. The fourth-order valence-corrected chi connectivity index (χ4v) is 2.43. The lowest BCUT2D eigenvalue weighted by Gasteiger charge is -2.21. The summed E-state index contributed by atoms with van der Waals surface area (Å²) in [5.41, 5.74) is 0. The maximum atomic E-state index is 12.1. The van der Waals surface area contributed by atoms with Crippen LogP contribution >= 0.6 is 11.8 Å². The number of hydrogen-bond donors (Lipinski definition) is 3.